The van der Waals surface area contributed by atoms with Crippen LogP contribution in [0.3, 0.4) is 0 Å². The Morgan fingerprint density at radius 3 is 2.95 bits per heavy atom. The fourth-order valence-electron chi connectivity index (χ4n) is 4.44. The van der Waals surface area contributed by atoms with Gasteiger partial charge in [0.1, 0.15) is 6.61 Å². The fourth-order valence-corrected chi connectivity index (χ4v) is 4.44. The monoisotopic (exact) mass is 276 g/mol. The number of carbonyl (C=O) groups is 1. The molecule has 0 radical (unpaired) electrons. The van der Waals surface area contributed by atoms with Gasteiger partial charge in [-0.3, -0.25) is 0 Å². The normalized spacial score (nSPS) is 37.1. The molecule has 20 heavy (non-hydrogen) atoms. The number of esters is 1. The van der Waals surface area contributed by atoms with Gasteiger partial charge in [-0.25, -0.2) is 4.79 Å². The zero-order valence-electron chi connectivity index (χ0n) is 12.2. The van der Waals surface area contributed by atoms with E-state index in [2.05, 4.69) is 18.7 Å². The van der Waals surface area contributed by atoms with Gasteiger partial charge in [0.15, 0.2) is 0 Å². The smallest absolute Gasteiger partial charge is 0.333 e. The largest absolute Gasteiger partial charge is 0.460 e. The van der Waals surface area contributed by atoms with Gasteiger partial charge in [0.05, 0.1) is 6.61 Å². The summed E-state index contributed by atoms with van der Waals surface area (Å²) in [6.07, 6.45) is 8.82. The summed E-state index contributed by atoms with van der Waals surface area (Å²) in [5, 5.41) is 0. The average Bonchev–Trinajstić information content (AvgIpc) is 3.09. The molecule has 3 aliphatic rings. The SMILES string of the molecule is C=C(C)C(=O)OCCOCC1CC2CC1C1CC=CC21. The third-order valence-corrected chi connectivity index (χ3v) is 5.28. The van der Waals surface area contributed by atoms with Crippen LogP contribution < -0.4 is 0 Å². The number of hydrogen-bond acceptors (Lipinski definition) is 3. The van der Waals surface area contributed by atoms with Crippen molar-refractivity contribution in [2.75, 3.05) is 19.8 Å². The highest BCUT2D eigenvalue weighted by Gasteiger charge is 2.52. The Kier molecular flexibility index (Phi) is 3.97. The highest BCUT2D eigenvalue weighted by molar-refractivity contribution is 5.86. The van der Waals surface area contributed by atoms with E-state index >= 15 is 0 Å². The quantitative estimate of drug-likeness (QED) is 0.324. The van der Waals surface area contributed by atoms with E-state index in [9.17, 15) is 4.79 Å². The topological polar surface area (TPSA) is 35.5 Å². The molecule has 3 heteroatoms. The minimum Gasteiger partial charge on any atom is -0.460 e. The summed E-state index contributed by atoms with van der Waals surface area (Å²) in [5.74, 6) is 3.92. The molecule has 3 aliphatic carbocycles. The molecule has 0 amide bonds. The van der Waals surface area contributed by atoms with E-state index in [4.69, 9.17) is 9.47 Å². The number of ether oxygens (including phenoxy) is 2. The molecule has 3 rings (SSSR count). The summed E-state index contributed by atoms with van der Waals surface area (Å²) < 4.78 is 10.7. The lowest BCUT2D eigenvalue weighted by molar-refractivity contribution is -0.140. The Balaban J connectivity index is 1.35. The van der Waals surface area contributed by atoms with E-state index in [1.807, 2.05) is 0 Å². The zero-order chi connectivity index (χ0) is 14.1. The highest BCUT2D eigenvalue weighted by Crippen LogP contribution is 2.58. The lowest BCUT2D eigenvalue weighted by atomic mass is 9.76. The summed E-state index contributed by atoms with van der Waals surface area (Å²) in [7, 11) is 0. The first kappa shape index (κ1) is 13.9. The minimum atomic E-state index is -0.326. The molecular formula is C17H24O3. The molecule has 0 saturated heterocycles. The first-order valence-electron chi connectivity index (χ1n) is 7.74. The van der Waals surface area contributed by atoms with Crippen LogP contribution in [0.2, 0.25) is 0 Å². The van der Waals surface area contributed by atoms with E-state index in [-0.39, 0.29) is 5.97 Å². The molecule has 5 atom stereocenters. The van der Waals surface area contributed by atoms with Crippen molar-refractivity contribution in [1.29, 1.82) is 0 Å². The van der Waals surface area contributed by atoms with E-state index in [1.165, 1.54) is 19.3 Å². The van der Waals surface area contributed by atoms with E-state index in [1.54, 1.807) is 6.92 Å². The second-order valence-electron chi connectivity index (χ2n) is 6.55. The van der Waals surface area contributed by atoms with Gasteiger partial charge in [0.25, 0.3) is 0 Å². The number of rotatable bonds is 6. The van der Waals surface area contributed by atoms with E-state index in [0.29, 0.717) is 18.8 Å². The van der Waals surface area contributed by atoms with E-state index < -0.39 is 0 Å². The lowest BCUT2D eigenvalue weighted by Gasteiger charge is -2.31. The van der Waals surface area contributed by atoms with Crippen molar-refractivity contribution >= 4 is 5.97 Å². The molecule has 2 bridgehead atoms. The fraction of sp³-hybridized carbons (Fsp3) is 0.706. The highest BCUT2D eigenvalue weighted by atomic mass is 16.6. The number of carbonyl (C=O) groups excluding carboxylic acids is 1. The first-order chi connectivity index (χ1) is 9.66. The number of fused-ring (bicyclic) bond motifs is 5. The molecule has 3 nitrogen and oxygen atoms in total. The van der Waals surface area contributed by atoms with Crippen molar-refractivity contribution in [3.05, 3.63) is 24.3 Å². The molecular weight excluding hydrogens is 252 g/mol. The van der Waals surface area contributed by atoms with Crippen LogP contribution in [-0.2, 0) is 14.3 Å². The molecule has 0 aromatic rings. The number of allylic oxidation sites excluding steroid dienone is 2. The predicted octanol–water partition coefficient (Wildman–Crippen LogP) is 2.97. The van der Waals surface area contributed by atoms with Crippen LogP contribution in [0, 0.1) is 29.6 Å². The molecule has 0 aromatic heterocycles. The second-order valence-corrected chi connectivity index (χ2v) is 6.55. The van der Waals surface area contributed by atoms with Crippen molar-refractivity contribution in [3.63, 3.8) is 0 Å². The maximum atomic E-state index is 11.2. The summed E-state index contributed by atoms with van der Waals surface area (Å²) in [5.41, 5.74) is 0.442. The van der Waals surface area contributed by atoms with E-state index in [0.717, 1.165) is 36.2 Å². The minimum absolute atomic E-state index is 0.326. The van der Waals surface area contributed by atoms with Gasteiger partial charge in [0.2, 0.25) is 0 Å². The van der Waals surface area contributed by atoms with Gasteiger partial charge in [0, 0.05) is 12.2 Å². The second kappa shape index (κ2) is 5.72. The molecule has 0 N–H and O–H groups in total. The van der Waals surface area contributed by atoms with Crippen molar-refractivity contribution in [3.8, 4) is 0 Å². The standard InChI is InChI=1S/C17H24O3/c1-11(2)17(18)20-7-6-19-10-13-8-12-9-16(13)15-5-3-4-14(12)15/h3-4,12-16H,1,5-10H2,2H3. The molecule has 0 heterocycles. The van der Waals surface area contributed by atoms with Gasteiger partial charge in [-0.2, -0.15) is 0 Å². The van der Waals surface area contributed by atoms with Crippen LogP contribution in [0.25, 0.3) is 0 Å². The maximum Gasteiger partial charge on any atom is 0.333 e. The molecule has 5 unspecified atom stereocenters. The van der Waals surface area contributed by atoms with Crippen LogP contribution >= 0.6 is 0 Å². The van der Waals surface area contributed by atoms with Crippen LogP contribution in [-0.4, -0.2) is 25.8 Å². The third-order valence-electron chi connectivity index (χ3n) is 5.28. The summed E-state index contributed by atoms with van der Waals surface area (Å²) in [4.78, 5) is 11.2. The van der Waals surface area contributed by atoms with Gasteiger partial charge < -0.3 is 9.47 Å². The first-order valence-corrected chi connectivity index (χ1v) is 7.74. The van der Waals surface area contributed by atoms with Crippen LogP contribution in [0.1, 0.15) is 26.2 Å². The van der Waals surface area contributed by atoms with Gasteiger partial charge >= 0.3 is 5.97 Å². The molecule has 0 spiro atoms. The van der Waals surface area contributed by atoms with Gasteiger partial charge in [-0.15, -0.1) is 0 Å². The lowest BCUT2D eigenvalue weighted by Crippen LogP contribution is -2.28. The number of hydrogen-bond donors (Lipinski definition) is 0. The Morgan fingerprint density at radius 1 is 1.30 bits per heavy atom. The average molecular weight is 276 g/mol. The van der Waals surface area contributed by atoms with Crippen molar-refractivity contribution in [1.82, 2.24) is 0 Å². The van der Waals surface area contributed by atoms with Crippen LogP contribution in [0.4, 0.5) is 0 Å². The van der Waals surface area contributed by atoms with Gasteiger partial charge in [-0.05, 0) is 55.8 Å². The van der Waals surface area contributed by atoms with Crippen molar-refractivity contribution in [2.24, 2.45) is 29.6 Å². The van der Waals surface area contributed by atoms with Crippen molar-refractivity contribution < 1.29 is 14.3 Å². The molecule has 2 fully saturated rings. The predicted molar refractivity (Wildman–Crippen MR) is 77.0 cm³/mol. The summed E-state index contributed by atoms with van der Waals surface area (Å²) in [6.45, 7) is 6.87. The third kappa shape index (κ3) is 2.56. The summed E-state index contributed by atoms with van der Waals surface area (Å²) >= 11 is 0. The molecule has 0 aromatic carbocycles. The molecule has 0 aliphatic heterocycles. The Bertz CT molecular complexity index is 426. The summed E-state index contributed by atoms with van der Waals surface area (Å²) in [6, 6.07) is 0. The van der Waals surface area contributed by atoms with Crippen LogP contribution in [0.15, 0.2) is 24.3 Å². The van der Waals surface area contributed by atoms with Gasteiger partial charge in [-0.1, -0.05) is 18.7 Å². The Hall–Kier alpha value is -1.09. The molecule has 2 saturated carbocycles. The molecule has 110 valence electrons. The Morgan fingerprint density at radius 2 is 2.15 bits per heavy atom. The Labute approximate surface area is 121 Å². The van der Waals surface area contributed by atoms with Crippen LogP contribution in [0.5, 0.6) is 0 Å². The van der Waals surface area contributed by atoms with Crippen molar-refractivity contribution in [2.45, 2.75) is 26.2 Å². The zero-order valence-corrected chi connectivity index (χ0v) is 12.2. The maximum absolute atomic E-state index is 11.2.